The molecule has 0 fully saturated rings. The quantitative estimate of drug-likeness (QED) is 0.285. The number of hydrogen-bond donors (Lipinski definition) is 0. The van der Waals surface area contributed by atoms with E-state index in [0.717, 1.165) is 16.8 Å². The summed E-state index contributed by atoms with van der Waals surface area (Å²) < 4.78 is 8.48. The van der Waals surface area contributed by atoms with Gasteiger partial charge in [0.1, 0.15) is 6.10 Å². The maximum atomic E-state index is 6.46. The largest absolute Gasteiger partial charge is 0.363 e. The van der Waals surface area contributed by atoms with Gasteiger partial charge in [-0.15, -0.1) is 12.4 Å². The first-order valence-electron chi connectivity index (χ1n) is 10.5. The van der Waals surface area contributed by atoms with Crippen LogP contribution in [-0.2, 0) is 18.4 Å². The van der Waals surface area contributed by atoms with Crippen LogP contribution in [-0.4, -0.2) is 9.55 Å². The molecule has 0 N–H and O–H groups in total. The highest BCUT2D eigenvalue weighted by Crippen LogP contribution is 2.33. The molecule has 32 heavy (non-hydrogen) atoms. The topological polar surface area (TPSA) is 27.1 Å². The number of ether oxygens (including phenoxy) is 1. The zero-order valence-electron chi connectivity index (χ0n) is 17.9. The van der Waals surface area contributed by atoms with E-state index in [1.807, 2.05) is 42.3 Å². The molecule has 0 spiro atoms. The van der Waals surface area contributed by atoms with Crippen LogP contribution < -0.4 is 0 Å². The van der Waals surface area contributed by atoms with Crippen molar-refractivity contribution in [1.29, 1.82) is 0 Å². The molecule has 0 aliphatic rings. The van der Waals surface area contributed by atoms with Crippen LogP contribution in [0.25, 0.3) is 21.9 Å². The summed E-state index contributed by atoms with van der Waals surface area (Å²) in [5.41, 5.74) is 5.72. The molecule has 0 saturated heterocycles. The Bertz CT molecular complexity index is 1310. The molecule has 1 atom stereocenters. The minimum absolute atomic E-state index is 0. The molecule has 0 saturated carbocycles. The lowest BCUT2D eigenvalue weighted by molar-refractivity contribution is 0.0622. The lowest BCUT2D eigenvalue weighted by Gasteiger charge is -2.20. The fraction of sp³-hybridized carbons (Fsp3) is 0.107. The molecule has 4 heteroatoms. The normalized spacial score (nSPS) is 11.8. The number of rotatable bonds is 6. The average Bonchev–Trinajstić information content (AvgIpc) is 3.25. The Morgan fingerprint density at radius 1 is 0.844 bits per heavy atom. The second-order valence-corrected chi connectivity index (χ2v) is 7.76. The van der Waals surface area contributed by atoms with E-state index in [0.29, 0.717) is 6.61 Å². The van der Waals surface area contributed by atoms with Gasteiger partial charge in [-0.25, -0.2) is 4.98 Å². The van der Waals surface area contributed by atoms with E-state index in [-0.39, 0.29) is 18.5 Å². The van der Waals surface area contributed by atoms with Crippen LogP contribution in [0.1, 0.15) is 22.9 Å². The zero-order chi connectivity index (χ0) is 21.0. The first-order valence-corrected chi connectivity index (χ1v) is 10.5. The van der Waals surface area contributed by atoms with E-state index in [1.165, 1.54) is 21.9 Å². The van der Waals surface area contributed by atoms with Crippen molar-refractivity contribution < 1.29 is 4.74 Å². The number of aryl methyl sites for hydroxylation is 1. The lowest BCUT2D eigenvalue weighted by atomic mass is 9.95. The van der Waals surface area contributed by atoms with Crippen molar-refractivity contribution in [1.82, 2.24) is 9.55 Å². The third kappa shape index (κ3) is 4.45. The third-order valence-corrected chi connectivity index (χ3v) is 5.67. The van der Waals surface area contributed by atoms with E-state index < -0.39 is 0 Å². The van der Waals surface area contributed by atoms with Crippen LogP contribution >= 0.6 is 12.4 Å². The molecule has 3 nitrogen and oxygen atoms in total. The van der Waals surface area contributed by atoms with Gasteiger partial charge in [0.25, 0.3) is 0 Å². The van der Waals surface area contributed by atoms with Gasteiger partial charge in [0.05, 0.1) is 24.8 Å². The Morgan fingerprint density at radius 3 is 2.41 bits per heavy atom. The fourth-order valence-electron chi connectivity index (χ4n) is 4.07. The number of hydrogen-bond acceptors (Lipinski definition) is 2. The van der Waals surface area contributed by atoms with Crippen LogP contribution in [0.15, 0.2) is 110 Å². The van der Waals surface area contributed by atoms with Crippen LogP contribution in [0, 0.1) is 0 Å². The molecule has 1 heterocycles. The predicted molar refractivity (Wildman–Crippen MR) is 133 cm³/mol. The highest BCUT2D eigenvalue weighted by Gasteiger charge is 2.19. The van der Waals surface area contributed by atoms with Gasteiger partial charge in [-0.05, 0) is 39.1 Å². The lowest BCUT2D eigenvalue weighted by Crippen LogP contribution is -2.10. The smallest absolute Gasteiger partial charge is 0.124 e. The third-order valence-electron chi connectivity index (χ3n) is 5.67. The maximum absolute atomic E-state index is 6.46. The van der Waals surface area contributed by atoms with E-state index >= 15 is 0 Å². The van der Waals surface area contributed by atoms with E-state index in [9.17, 15) is 0 Å². The van der Waals surface area contributed by atoms with Crippen molar-refractivity contribution >= 4 is 23.2 Å². The van der Waals surface area contributed by atoms with Gasteiger partial charge in [0, 0.05) is 7.05 Å². The predicted octanol–water partition coefficient (Wildman–Crippen LogP) is 6.97. The van der Waals surface area contributed by atoms with E-state index in [2.05, 4.69) is 83.8 Å². The number of fused-ring (bicyclic) bond motifs is 1. The fourth-order valence-corrected chi connectivity index (χ4v) is 4.07. The summed E-state index contributed by atoms with van der Waals surface area (Å²) in [7, 11) is 2.01. The summed E-state index contributed by atoms with van der Waals surface area (Å²) in [4.78, 5) is 4.33. The second kappa shape index (κ2) is 9.82. The van der Waals surface area contributed by atoms with Gasteiger partial charge < -0.3 is 9.30 Å². The number of halogens is 1. The molecule has 1 unspecified atom stereocenters. The SMILES string of the molecule is Cl.Cn1cncc1C(OCc1ccccc1)c1cccc(-c2cccc3ccccc23)c1. The van der Waals surface area contributed by atoms with Gasteiger partial charge in [-0.1, -0.05) is 91.0 Å². The van der Waals surface area contributed by atoms with E-state index in [4.69, 9.17) is 4.74 Å². The molecular weight excluding hydrogens is 416 g/mol. The molecule has 4 aromatic carbocycles. The first-order chi connectivity index (χ1) is 15.3. The van der Waals surface area contributed by atoms with Crippen molar-refractivity contribution in [2.24, 2.45) is 7.05 Å². The van der Waals surface area contributed by atoms with Crippen LogP contribution in [0.4, 0.5) is 0 Å². The summed E-state index contributed by atoms with van der Waals surface area (Å²) in [5, 5.41) is 2.50. The highest BCUT2D eigenvalue weighted by atomic mass is 35.5. The number of aromatic nitrogens is 2. The molecule has 0 aliphatic carbocycles. The Kier molecular flexibility index (Phi) is 6.69. The Labute approximate surface area is 194 Å². The second-order valence-electron chi connectivity index (χ2n) is 7.76. The number of nitrogens with zero attached hydrogens (tertiary/aromatic N) is 2. The molecule has 0 aliphatic heterocycles. The van der Waals surface area contributed by atoms with Crippen LogP contribution in [0.2, 0.25) is 0 Å². The summed E-state index contributed by atoms with van der Waals surface area (Å²) >= 11 is 0. The minimum atomic E-state index is -0.206. The van der Waals surface area contributed by atoms with Gasteiger partial charge in [0.15, 0.2) is 0 Å². The van der Waals surface area contributed by atoms with Crippen molar-refractivity contribution in [3.05, 3.63) is 126 Å². The Hall–Kier alpha value is -3.40. The number of benzene rings is 4. The molecule has 5 aromatic rings. The summed E-state index contributed by atoms with van der Waals surface area (Å²) in [6.45, 7) is 0.537. The van der Waals surface area contributed by atoms with Crippen LogP contribution in [0.5, 0.6) is 0 Å². The van der Waals surface area contributed by atoms with Crippen molar-refractivity contribution in [3.63, 3.8) is 0 Å². The molecule has 0 bridgehead atoms. The molecular formula is C28H25ClN2O. The average molecular weight is 441 g/mol. The molecule has 5 rings (SSSR count). The molecule has 160 valence electrons. The van der Waals surface area contributed by atoms with Crippen molar-refractivity contribution in [2.75, 3.05) is 0 Å². The van der Waals surface area contributed by atoms with Crippen LogP contribution in [0.3, 0.4) is 0 Å². The Morgan fingerprint density at radius 2 is 1.59 bits per heavy atom. The summed E-state index contributed by atoms with van der Waals surface area (Å²) in [6, 6.07) is 33.9. The van der Waals surface area contributed by atoms with Gasteiger partial charge in [-0.2, -0.15) is 0 Å². The van der Waals surface area contributed by atoms with Crippen molar-refractivity contribution in [3.8, 4) is 11.1 Å². The first kappa shape index (κ1) is 21.8. The van der Waals surface area contributed by atoms with Gasteiger partial charge in [-0.3, -0.25) is 0 Å². The standard InChI is InChI=1S/C28H24N2O.ClH/c1-30-20-29-18-27(30)28(31-19-21-9-3-2-4-10-21)24-14-7-13-23(17-24)26-16-8-12-22-11-5-6-15-25(22)26;/h2-18,20,28H,19H2,1H3;1H. The number of imidazole rings is 1. The van der Waals surface area contributed by atoms with E-state index in [1.54, 1.807) is 0 Å². The highest BCUT2D eigenvalue weighted by molar-refractivity contribution is 5.96. The maximum Gasteiger partial charge on any atom is 0.124 e. The summed E-state index contributed by atoms with van der Waals surface area (Å²) in [5.74, 6) is 0. The van der Waals surface area contributed by atoms with Gasteiger partial charge in [0.2, 0.25) is 0 Å². The minimum Gasteiger partial charge on any atom is -0.363 e. The molecule has 0 radical (unpaired) electrons. The van der Waals surface area contributed by atoms with Gasteiger partial charge >= 0.3 is 0 Å². The zero-order valence-corrected chi connectivity index (χ0v) is 18.7. The van der Waals surface area contributed by atoms with Crippen molar-refractivity contribution in [2.45, 2.75) is 12.7 Å². The summed E-state index contributed by atoms with van der Waals surface area (Å²) in [6.07, 6.45) is 3.51. The molecule has 1 aromatic heterocycles. The molecule has 0 amide bonds. The Balaban J connectivity index is 0.00000245. The monoisotopic (exact) mass is 440 g/mol.